The lowest BCUT2D eigenvalue weighted by Crippen LogP contribution is -2.12. The van der Waals surface area contributed by atoms with Gasteiger partial charge in [-0.3, -0.25) is 0 Å². The maximum absolute atomic E-state index is 11.3. The van der Waals surface area contributed by atoms with Crippen LogP contribution in [0, 0.1) is 0 Å². The van der Waals surface area contributed by atoms with E-state index in [1.54, 1.807) is 0 Å². The molecule has 0 radical (unpaired) electrons. The lowest BCUT2D eigenvalue weighted by Gasteiger charge is -2.19. The van der Waals surface area contributed by atoms with Crippen LogP contribution in [0.4, 0.5) is 0 Å². The second-order valence-corrected chi connectivity index (χ2v) is 6.12. The summed E-state index contributed by atoms with van der Waals surface area (Å²) in [7, 11) is 0. The Morgan fingerprint density at radius 1 is 1.28 bits per heavy atom. The largest absolute Gasteiger partial charge is 0.475 e. The molecule has 4 nitrogen and oxygen atoms in total. The monoisotopic (exact) mass is 251 g/mol. The van der Waals surface area contributed by atoms with Crippen molar-refractivity contribution in [3.05, 3.63) is 17.3 Å². The number of aromatic carboxylic acids is 1. The maximum atomic E-state index is 11.3. The van der Waals surface area contributed by atoms with Gasteiger partial charge in [-0.25, -0.2) is 9.78 Å². The topological polar surface area (TPSA) is 63.3 Å². The van der Waals surface area contributed by atoms with Gasteiger partial charge in [-0.1, -0.05) is 40.0 Å². The van der Waals surface area contributed by atoms with E-state index in [9.17, 15) is 9.90 Å². The van der Waals surface area contributed by atoms with Crippen LogP contribution in [-0.2, 0) is 5.41 Å². The first-order valence-electron chi connectivity index (χ1n) is 6.64. The van der Waals surface area contributed by atoms with Gasteiger partial charge >= 0.3 is 5.97 Å². The Kier molecular flexibility index (Phi) is 3.46. The van der Waals surface area contributed by atoms with Crippen molar-refractivity contribution in [1.29, 1.82) is 0 Å². The van der Waals surface area contributed by atoms with Gasteiger partial charge in [0.05, 0.1) is 5.69 Å². The minimum atomic E-state index is -1.00. The van der Waals surface area contributed by atoms with Crippen molar-refractivity contribution in [2.45, 2.75) is 64.2 Å². The van der Waals surface area contributed by atoms with Crippen molar-refractivity contribution in [3.63, 3.8) is 0 Å². The average Bonchev–Trinajstić information content (AvgIpc) is 2.74. The minimum Gasteiger partial charge on any atom is -0.475 e. The Labute approximate surface area is 107 Å². The van der Waals surface area contributed by atoms with Gasteiger partial charge in [-0.15, -0.1) is 0 Å². The van der Waals surface area contributed by atoms with Crippen LogP contribution in [0.1, 0.15) is 80.9 Å². The molecule has 1 aliphatic rings. The molecule has 0 unspecified atom stereocenters. The summed E-state index contributed by atoms with van der Waals surface area (Å²) in [4.78, 5) is 15.7. The zero-order valence-corrected chi connectivity index (χ0v) is 11.3. The van der Waals surface area contributed by atoms with Crippen molar-refractivity contribution in [3.8, 4) is 0 Å². The molecule has 4 heteroatoms. The van der Waals surface area contributed by atoms with Gasteiger partial charge < -0.3 is 9.52 Å². The third kappa shape index (κ3) is 2.57. The number of hydrogen-bond donors (Lipinski definition) is 1. The number of carboxylic acids is 1. The highest BCUT2D eigenvalue weighted by Crippen LogP contribution is 2.36. The van der Waals surface area contributed by atoms with Crippen LogP contribution in [-0.4, -0.2) is 16.1 Å². The Morgan fingerprint density at radius 2 is 1.89 bits per heavy atom. The van der Waals surface area contributed by atoms with Gasteiger partial charge in [0, 0.05) is 11.3 Å². The summed E-state index contributed by atoms with van der Waals surface area (Å²) in [5.41, 5.74) is 0.407. The Hall–Kier alpha value is -1.32. The van der Waals surface area contributed by atoms with Crippen molar-refractivity contribution >= 4 is 5.97 Å². The van der Waals surface area contributed by atoms with E-state index >= 15 is 0 Å². The molecule has 0 atom stereocenters. The lowest BCUT2D eigenvalue weighted by atomic mass is 9.86. The molecule has 0 amide bonds. The summed E-state index contributed by atoms with van der Waals surface area (Å²) in [5, 5.41) is 9.24. The molecule has 0 aliphatic heterocycles. The standard InChI is InChI=1S/C14H21NO3/c1-14(2,3)13-15-10(11(18-13)12(16)17)9-7-5-4-6-8-9/h9H,4-8H2,1-3H3,(H,16,17). The van der Waals surface area contributed by atoms with Crippen LogP contribution in [0.3, 0.4) is 0 Å². The van der Waals surface area contributed by atoms with E-state index in [1.807, 2.05) is 20.8 Å². The fraction of sp³-hybridized carbons (Fsp3) is 0.714. The number of carbonyl (C=O) groups is 1. The predicted octanol–water partition coefficient (Wildman–Crippen LogP) is 3.72. The molecule has 18 heavy (non-hydrogen) atoms. The average molecular weight is 251 g/mol. The molecule has 0 aromatic carbocycles. The van der Waals surface area contributed by atoms with Crippen LogP contribution in [0.5, 0.6) is 0 Å². The molecule has 100 valence electrons. The first-order chi connectivity index (χ1) is 8.39. The third-order valence-corrected chi connectivity index (χ3v) is 3.48. The number of aromatic nitrogens is 1. The highest BCUT2D eigenvalue weighted by molar-refractivity contribution is 5.85. The van der Waals surface area contributed by atoms with Gasteiger partial charge in [0.1, 0.15) is 0 Å². The second kappa shape index (κ2) is 4.75. The fourth-order valence-corrected chi connectivity index (χ4v) is 2.46. The molecule has 1 aliphatic carbocycles. The molecule has 1 saturated carbocycles. The highest BCUT2D eigenvalue weighted by Gasteiger charge is 2.31. The number of rotatable bonds is 2. The summed E-state index contributed by atoms with van der Waals surface area (Å²) in [6, 6.07) is 0. The number of hydrogen-bond acceptors (Lipinski definition) is 3. The molecule has 2 rings (SSSR count). The van der Waals surface area contributed by atoms with Crippen molar-refractivity contribution in [2.24, 2.45) is 0 Å². The normalized spacial score (nSPS) is 17.9. The zero-order valence-electron chi connectivity index (χ0n) is 11.3. The van der Waals surface area contributed by atoms with Crippen LogP contribution >= 0.6 is 0 Å². The van der Waals surface area contributed by atoms with Gasteiger partial charge in [0.2, 0.25) is 11.7 Å². The Balaban J connectivity index is 2.38. The van der Waals surface area contributed by atoms with E-state index in [1.165, 1.54) is 6.42 Å². The van der Waals surface area contributed by atoms with Crippen LogP contribution in [0.25, 0.3) is 0 Å². The van der Waals surface area contributed by atoms with Gasteiger partial charge in [0.25, 0.3) is 0 Å². The fourth-order valence-electron chi connectivity index (χ4n) is 2.46. The molecule has 1 N–H and O–H groups in total. The second-order valence-electron chi connectivity index (χ2n) is 6.12. The SMILES string of the molecule is CC(C)(C)c1nc(C2CCCCC2)c(C(=O)O)o1. The quantitative estimate of drug-likeness (QED) is 0.870. The number of carboxylic acid groups (broad SMARTS) is 1. The third-order valence-electron chi connectivity index (χ3n) is 3.48. The summed E-state index contributed by atoms with van der Waals surface area (Å²) in [6.07, 6.45) is 5.60. The van der Waals surface area contributed by atoms with E-state index in [2.05, 4.69) is 4.98 Å². The van der Waals surface area contributed by atoms with Crippen molar-refractivity contribution < 1.29 is 14.3 Å². The van der Waals surface area contributed by atoms with Gasteiger partial charge in [0.15, 0.2) is 0 Å². The van der Waals surface area contributed by atoms with E-state index < -0.39 is 5.97 Å². The van der Waals surface area contributed by atoms with E-state index in [4.69, 9.17) is 4.42 Å². The Morgan fingerprint density at radius 3 is 2.39 bits per heavy atom. The minimum absolute atomic E-state index is 0.0480. The summed E-state index contributed by atoms with van der Waals surface area (Å²) in [6.45, 7) is 5.94. The smallest absolute Gasteiger partial charge is 0.373 e. The number of oxazole rings is 1. The molecule has 1 aromatic heterocycles. The summed E-state index contributed by atoms with van der Waals surface area (Å²) >= 11 is 0. The Bertz CT molecular complexity index is 436. The number of nitrogens with zero attached hydrogens (tertiary/aromatic N) is 1. The molecule has 0 bridgehead atoms. The van der Waals surface area contributed by atoms with E-state index in [0.29, 0.717) is 11.6 Å². The van der Waals surface area contributed by atoms with E-state index in [0.717, 1.165) is 25.7 Å². The van der Waals surface area contributed by atoms with E-state index in [-0.39, 0.29) is 17.1 Å². The van der Waals surface area contributed by atoms with Crippen molar-refractivity contribution in [1.82, 2.24) is 4.98 Å². The van der Waals surface area contributed by atoms with Gasteiger partial charge in [-0.05, 0) is 12.8 Å². The zero-order chi connectivity index (χ0) is 13.3. The molecule has 1 aromatic rings. The maximum Gasteiger partial charge on any atom is 0.373 e. The van der Waals surface area contributed by atoms with Crippen LogP contribution in [0.15, 0.2) is 4.42 Å². The van der Waals surface area contributed by atoms with Gasteiger partial charge in [-0.2, -0.15) is 0 Å². The van der Waals surface area contributed by atoms with Crippen molar-refractivity contribution in [2.75, 3.05) is 0 Å². The van der Waals surface area contributed by atoms with Crippen LogP contribution in [0.2, 0.25) is 0 Å². The molecular weight excluding hydrogens is 230 g/mol. The summed E-state index contributed by atoms with van der Waals surface area (Å²) < 4.78 is 5.48. The van der Waals surface area contributed by atoms with Crippen LogP contribution < -0.4 is 0 Å². The molecule has 0 saturated heterocycles. The lowest BCUT2D eigenvalue weighted by molar-refractivity contribution is 0.0655. The molecule has 1 heterocycles. The predicted molar refractivity (Wildman–Crippen MR) is 68.0 cm³/mol. The molecular formula is C14H21NO3. The molecule has 1 fully saturated rings. The summed E-state index contributed by atoms with van der Waals surface area (Å²) in [5.74, 6) is -0.171. The highest BCUT2D eigenvalue weighted by atomic mass is 16.4. The first kappa shape index (κ1) is 13.1. The first-order valence-corrected chi connectivity index (χ1v) is 6.64. The molecule has 0 spiro atoms.